The van der Waals surface area contributed by atoms with Crippen LogP contribution in [0.5, 0.6) is 0 Å². The Morgan fingerprint density at radius 3 is 2.47 bits per heavy atom. The third-order valence-corrected chi connectivity index (χ3v) is 6.83. The van der Waals surface area contributed by atoms with Crippen molar-refractivity contribution in [3.05, 3.63) is 0 Å². The van der Waals surface area contributed by atoms with Gasteiger partial charge in [-0.2, -0.15) is 17.0 Å². The van der Waals surface area contributed by atoms with Crippen molar-refractivity contribution in [3.63, 3.8) is 0 Å². The highest BCUT2D eigenvalue weighted by atomic mass is 79.9. The summed E-state index contributed by atoms with van der Waals surface area (Å²) < 4.78 is 34.2. The fourth-order valence-corrected chi connectivity index (χ4v) is 4.80. The fourth-order valence-electron chi connectivity index (χ4n) is 2.57. The second-order valence-electron chi connectivity index (χ2n) is 5.62. The first kappa shape index (κ1) is 15.7. The molecule has 2 rings (SSSR count). The van der Waals surface area contributed by atoms with E-state index in [9.17, 15) is 8.42 Å². The molecule has 0 aromatic heterocycles. The number of alkyl halides is 1. The fraction of sp³-hybridized carbons (Fsp3) is 1.00. The molecule has 2 unspecified atom stereocenters. The number of rotatable bonds is 3. The minimum absolute atomic E-state index is 0.0466. The van der Waals surface area contributed by atoms with Gasteiger partial charge in [0, 0.05) is 31.0 Å². The van der Waals surface area contributed by atoms with Crippen LogP contribution in [0.2, 0.25) is 0 Å². The summed E-state index contributed by atoms with van der Waals surface area (Å²) in [6.07, 6.45) is 1.87. The van der Waals surface area contributed by atoms with E-state index < -0.39 is 10.2 Å². The van der Waals surface area contributed by atoms with Gasteiger partial charge in [0.25, 0.3) is 10.2 Å². The van der Waals surface area contributed by atoms with Gasteiger partial charge in [0.05, 0.1) is 12.7 Å². The molecule has 2 saturated heterocycles. The number of piperidine rings is 1. The van der Waals surface area contributed by atoms with Gasteiger partial charge in [-0.1, -0.05) is 22.9 Å². The quantitative estimate of drug-likeness (QED) is 0.720. The first-order chi connectivity index (χ1) is 8.95. The van der Waals surface area contributed by atoms with Crippen molar-refractivity contribution >= 4 is 26.1 Å². The standard InChI is InChI=1S/C12H23BrN2O3S/c1-10-3-5-14(6-4-10)19(16,17)15-8-12(7-13)18-9-11(15)2/h10-12H,3-9H2,1-2H3. The smallest absolute Gasteiger partial charge is 0.282 e. The van der Waals surface area contributed by atoms with Gasteiger partial charge in [-0.05, 0) is 25.7 Å². The van der Waals surface area contributed by atoms with Gasteiger partial charge in [-0.15, -0.1) is 0 Å². The van der Waals surface area contributed by atoms with Crippen molar-refractivity contribution in [1.29, 1.82) is 0 Å². The average molecular weight is 355 g/mol. The molecule has 2 fully saturated rings. The molecule has 0 spiro atoms. The number of nitrogens with zero attached hydrogens (tertiary/aromatic N) is 2. The maximum atomic E-state index is 12.7. The lowest BCUT2D eigenvalue weighted by atomic mass is 10.0. The number of hydrogen-bond donors (Lipinski definition) is 0. The molecule has 2 aliphatic heterocycles. The molecule has 0 saturated carbocycles. The van der Waals surface area contributed by atoms with Crippen LogP contribution in [-0.4, -0.2) is 60.7 Å². The molecule has 112 valence electrons. The summed E-state index contributed by atoms with van der Waals surface area (Å²) in [5.41, 5.74) is 0. The normalized spacial score (nSPS) is 32.6. The van der Waals surface area contributed by atoms with E-state index in [4.69, 9.17) is 4.74 Å². The van der Waals surface area contributed by atoms with Gasteiger partial charge in [0.15, 0.2) is 0 Å². The molecule has 0 bridgehead atoms. The van der Waals surface area contributed by atoms with E-state index in [1.165, 1.54) is 0 Å². The molecule has 7 heteroatoms. The van der Waals surface area contributed by atoms with Gasteiger partial charge >= 0.3 is 0 Å². The molecule has 0 aliphatic carbocycles. The second kappa shape index (κ2) is 6.39. The third kappa shape index (κ3) is 3.50. The Labute approximate surface area is 124 Å². The van der Waals surface area contributed by atoms with Crippen LogP contribution >= 0.6 is 15.9 Å². The van der Waals surface area contributed by atoms with Crippen molar-refractivity contribution in [2.24, 2.45) is 5.92 Å². The van der Waals surface area contributed by atoms with Gasteiger partial charge in [-0.25, -0.2) is 0 Å². The molecule has 0 amide bonds. The lowest BCUT2D eigenvalue weighted by Gasteiger charge is -2.40. The summed E-state index contributed by atoms with van der Waals surface area (Å²) >= 11 is 3.37. The Kier molecular flexibility index (Phi) is 5.28. The topological polar surface area (TPSA) is 49.9 Å². The van der Waals surface area contributed by atoms with Crippen LogP contribution in [0.3, 0.4) is 0 Å². The maximum absolute atomic E-state index is 12.7. The van der Waals surface area contributed by atoms with E-state index in [2.05, 4.69) is 22.9 Å². The monoisotopic (exact) mass is 354 g/mol. The number of morpholine rings is 1. The molecular weight excluding hydrogens is 332 g/mol. The summed E-state index contributed by atoms with van der Waals surface area (Å²) in [4.78, 5) is 0. The van der Waals surface area contributed by atoms with Gasteiger partial charge in [0.2, 0.25) is 0 Å². The van der Waals surface area contributed by atoms with Crippen LogP contribution in [0.1, 0.15) is 26.7 Å². The van der Waals surface area contributed by atoms with Crippen LogP contribution in [0.4, 0.5) is 0 Å². The Morgan fingerprint density at radius 2 is 1.89 bits per heavy atom. The molecule has 2 heterocycles. The van der Waals surface area contributed by atoms with E-state index in [0.29, 0.717) is 37.5 Å². The first-order valence-electron chi connectivity index (χ1n) is 6.89. The lowest BCUT2D eigenvalue weighted by molar-refractivity contribution is -0.0163. The van der Waals surface area contributed by atoms with Crippen molar-refractivity contribution in [1.82, 2.24) is 8.61 Å². The maximum Gasteiger partial charge on any atom is 0.282 e. The zero-order valence-corrected chi connectivity index (χ0v) is 14.0. The lowest BCUT2D eigenvalue weighted by Crippen LogP contribution is -2.56. The molecular formula is C12H23BrN2O3S. The molecule has 0 aromatic carbocycles. The molecule has 0 radical (unpaired) electrons. The van der Waals surface area contributed by atoms with Gasteiger partial charge in [0.1, 0.15) is 0 Å². The minimum Gasteiger partial charge on any atom is -0.374 e. The number of hydrogen-bond acceptors (Lipinski definition) is 3. The summed E-state index contributed by atoms with van der Waals surface area (Å²) in [6.45, 7) is 6.30. The first-order valence-corrected chi connectivity index (χ1v) is 9.41. The van der Waals surface area contributed by atoms with E-state index in [1.807, 2.05) is 6.92 Å². The van der Waals surface area contributed by atoms with Crippen molar-refractivity contribution < 1.29 is 13.2 Å². The Hall–Kier alpha value is 0.310. The molecule has 19 heavy (non-hydrogen) atoms. The van der Waals surface area contributed by atoms with E-state index in [0.717, 1.165) is 12.8 Å². The molecule has 5 nitrogen and oxygen atoms in total. The Morgan fingerprint density at radius 1 is 1.26 bits per heavy atom. The highest BCUT2D eigenvalue weighted by molar-refractivity contribution is 9.09. The van der Waals surface area contributed by atoms with Crippen molar-refractivity contribution in [2.45, 2.75) is 38.8 Å². The van der Waals surface area contributed by atoms with Crippen molar-refractivity contribution in [3.8, 4) is 0 Å². The second-order valence-corrected chi connectivity index (χ2v) is 8.15. The summed E-state index contributed by atoms with van der Waals surface area (Å²) in [7, 11) is -3.33. The summed E-state index contributed by atoms with van der Waals surface area (Å²) in [5.74, 6) is 0.629. The van der Waals surface area contributed by atoms with E-state index >= 15 is 0 Å². The third-order valence-electron chi connectivity index (χ3n) is 3.99. The van der Waals surface area contributed by atoms with Crippen LogP contribution in [-0.2, 0) is 14.9 Å². The highest BCUT2D eigenvalue weighted by Crippen LogP contribution is 2.24. The highest BCUT2D eigenvalue weighted by Gasteiger charge is 2.38. The number of ether oxygens (including phenoxy) is 1. The summed E-state index contributed by atoms with van der Waals surface area (Å²) in [6, 6.07) is -0.0837. The van der Waals surface area contributed by atoms with E-state index in [1.54, 1.807) is 8.61 Å². The summed E-state index contributed by atoms with van der Waals surface area (Å²) in [5, 5.41) is 0.669. The predicted molar refractivity (Wildman–Crippen MR) is 78.6 cm³/mol. The van der Waals surface area contributed by atoms with E-state index in [-0.39, 0.29) is 12.1 Å². The van der Waals surface area contributed by atoms with Crippen LogP contribution in [0, 0.1) is 5.92 Å². The zero-order chi connectivity index (χ0) is 14.0. The van der Waals surface area contributed by atoms with Crippen LogP contribution in [0.25, 0.3) is 0 Å². The zero-order valence-electron chi connectivity index (χ0n) is 11.6. The Balaban J connectivity index is 2.09. The molecule has 0 N–H and O–H groups in total. The average Bonchev–Trinajstić information content (AvgIpc) is 2.39. The van der Waals surface area contributed by atoms with Gasteiger partial charge in [-0.3, -0.25) is 0 Å². The molecule has 2 atom stereocenters. The minimum atomic E-state index is -3.33. The van der Waals surface area contributed by atoms with Crippen LogP contribution < -0.4 is 0 Å². The predicted octanol–water partition coefficient (Wildman–Crippen LogP) is 1.45. The SMILES string of the molecule is CC1CCN(S(=O)(=O)N2CC(CBr)OCC2C)CC1. The number of halogens is 1. The molecule has 0 aromatic rings. The molecule has 2 aliphatic rings. The van der Waals surface area contributed by atoms with Crippen molar-refractivity contribution in [2.75, 3.05) is 31.6 Å². The van der Waals surface area contributed by atoms with Crippen LogP contribution in [0.15, 0.2) is 0 Å². The largest absolute Gasteiger partial charge is 0.374 e. The van der Waals surface area contributed by atoms with Gasteiger partial charge < -0.3 is 4.74 Å². The Bertz CT molecular complexity index is 396.